The minimum atomic E-state index is -0.483. The van der Waals surface area contributed by atoms with E-state index < -0.39 is 6.10 Å². The number of nitrogens with one attached hydrogen (secondary N) is 1. The monoisotopic (exact) mass is 277 g/mol. The van der Waals surface area contributed by atoms with Gasteiger partial charge in [-0.1, -0.05) is 24.3 Å². The first-order chi connectivity index (χ1) is 9.34. The molecule has 0 fully saturated rings. The molecule has 0 spiro atoms. The van der Waals surface area contributed by atoms with E-state index in [4.69, 9.17) is 4.74 Å². The summed E-state index contributed by atoms with van der Waals surface area (Å²) in [6.07, 6.45) is 0.521. The fraction of sp³-hybridized carbons (Fsp3) is 0.333. The molecule has 2 aromatic rings. The van der Waals surface area contributed by atoms with Crippen molar-refractivity contribution < 1.29 is 9.84 Å². The molecule has 102 valence electrons. The maximum Gasteiger partial charge on any atom is 0.119 e. The SMILES string of the molecule is OC(CNCCc1cccs1)COc1ccccc1. The predicted octanol–water partition coefficient (Wildman–Crippen LogP) is 2.32. The van der Waals surface area contributed by atoms with Crippen LogP contribution >= 0.6 is 11.3 Å². The number of para-hydroxylation sites is 1. The zero-order valence-corrected chi connectivity index (χ0v) is 11.6. The van der Waals surface area contributed by atoms with Crippen LogP contribution in [-0.4, -0.2) is 30.9 Å². The van der Waals surface area contributed by atoms with E-state index >= 15 is 0 Å². The molecular weight excluding hydrogens is 258 g/mol. The van der Waals surface area contributed by atoms with E-state index in [0.717, 1.165) is 18.7 Å². The van der Waals surface area contributed by atoms with Gasteiger partial charge in [-0.3, -0.25) is 0 Å². The minimum absolute atomic E-state index is 0.315. The van der Waals surface area contributed by atoms with Crippen LogP contribution in [-0.2, 0) is 6.42 Å². The number of aliphatic hydroxyl groups excluding tert-OH is 1. The van der Waals surface area contributed by atoms with E-state index in [0.29, 0.717) is 13.2 Å². The van der Waals surface area contributed by atoms with Crippen molar-refractivity contribution in [2.24, 2.45) is 0 Å². The fourth-order valence-electron chi connectivity index (χ4n) is 1.70. The Hall–Kier alpha value is -1.36. The highest BCUT2D eigenvalue weighted by Crippen LogP contribution is 2.09. The maximum absolute atomic E-state index is 9.78. The fourth-order valence-corrected chi connectivity index (χ4v) is 2.41. The molecule has 0 radical (unpaired) electrons. The van der Waals surface area contributed by atoms with Crippen molar-refractivity contribution in [1.29, 1.82) is 0 Å². The second-order valence-electron chi connectivity index (χ2n) is 4.31. The van der Waals surface area contributed by atoms with Crippen molar-refractivity contribution in [3.8, 4) is 5.75 Å². The lowest BCUT2D eigenvalue weighted by Crippen LogP contribution is -2.32. The summed E-state index contributed by atoms with van der Waals surface area (Å²) < 4.78 is 5.48. The molecule has 0 aliphatic rings. The number of hydrogen-bond donors (Lipinski definition) is 2. The van der Waals surface area contributed by atoms with Crippen LogP contribution in [0.15, 0.2) is 47.8 Å². The number of aliphatic hydroxyl groups is 1. The zero-order chi connectivity index (χ0) is 13.3. The maximum atomic E-state index is 9.78. The van der Waals surface area contributed by atoms with E-state index in [1.807, 2.05) is 30.3 Å². The molecule has 1 heterocycles. The van der Waals surface area contributed by atoms with Gasteiger partial charge in [-0.05, 0) is 30.0 Å². The van der Waals surface area contributed by atoms with Gasteiger partial charge in [0.05, 0.1) is 0 Å². The molecule has 1 aromatic heterocycles. The van der Waals surface area contributed by atoms with Crippen molar-refractivity contribution in [2.75, 3.05) is 19.7 Å². The first kappa shape index (κ1) is 14.1. The Morgan fingerprint density at radius 3 is 2.74 bits per heavy atom. The molecule has 0 saturated heterocycles. The molecule has 2 N–H and O–H groups in total. The van der Waals surface area contributed by atoms with Crippen LogP contribution in [0.2, 0.25) is 0 Å². The molecule has 19 heavy (non-hydrogen) atoms. The van der Waals surface area contributed by atoms with E-state index in [2.05, 4.69) is 22.8 Å². The smallest absolute Gasteiger partial charge is 0.119 e. The van der Waals surface area contributed by atoms with Gasteiger partial charge in [-0.2, -0.15) is 0 Å². The average molecular weight is 277 g/mol. The second-order valence-corrected chi connectivity index (χ2v) is 5.34. The molecule has 1 unspecified atom stereocenters. The Labute approximate surface area is 117 Å². The van der Waals surface area contributed by atoms with Gasteiger partial charge in [0.25, 0.3) is 0 Å². The standard InChI is InChI=1S/C15H19NO2S/c17-13(12-18-14-5-2-1-3-6-14)11-16-9-8-15-7-4-10-19-15/h1-7,10,13,16-17H,8-9,11-12H2. The lowest BCUT2D eigenvalue weighted by atomic mass is 10.3. The zero-order valence-electron chi connectivity index (χ0n) is 10.8. The summed E-state index contributed by atoms with van der Waals surface area (Å²) in [7, 11) is 0. The van der Waals surface area contributed by atoms with Crippen molar-refractivity contribution in [3.05, 3.63) is 52.7 Å². The highest BCUT2D eigenvalue weighted by atomic mass is 32.1. The van der Waals surface area contributed by atoms with Crippen molar-refractivity contribution in [1.82, 2.24) is 5.32 Å². The number of rotatable bonds is 8. The van der Waals surface area contributed by atoms with Crippen LogP contribution in [0.1, 0.15) is 4.88 Å². The first-order valence-electron chi connectivity index (χ1n) is 6.43. The summed E-state index contributed by atoms with van der Waals surface area (Å²) in [5.74, 6) is 0.792. The summed E-state index contributed by atoms with van der Waals surface area (Å²) in [4.78, 5) is 1.36. The van der Waals surface area contributed by atoms with Gasteiger partial charge in [0, 0.05) is 18.0 Å². The van der Waals surface area contributed by atoms with Gasteiger partial charge in [0.2, 0.25) is 0 Å². The summed E-state index contributed by atoms with van der Waals surface area (Å²) >= 11 is 1.76. The van der Waals surface area contributed by atoms with Crippen molar-refractivity contribution >= 4 is 11.3 Å². The third kappa shape index (κ3) is 5.42. The highest BCUT2D eigenvalue weighted by Gasteiger charge is 2.04. The van der Waals surface area contributed by atoms with E-state index in [-0.39, 0.29) is 0 Å². The number of ether oxygens (including phenoxy) is 1. The van der Waals surface area contributed by atoms with Gasteiger partial charge in [0.15, 0.2) is 0 Å². The van der Waals surface area contributed by atoms with Gasteiger partial charge in [0.1, 0.15) is 18.5 Å². The van der Waals surface area contributed by atoms with Crippen LogP contribution in [0, 0.1) is 0 Å². The summed E-state index contributed by atoms with van der Waals surface area (Å²) in [5.41, 5.74) is 0. The third-order valence-electron chi connectivity index (χ3n) is 2.69. The Kier molecular flexibility index (Phi) is 5.88. The number of benzene rings is 1. The molecule has 1 aromatic carbocycles. The Balaban J connectivity index is 1.56. The summed E-state index contributed by atoms with van der Waals surface area (Å²) in [6, 6.07) is 13.7. The molecule has 1 atom stereocenters. The molecule has 0 saturated carbocycles. The molecule has 4 heteroatoms. The quantitative estimate of drug-likeness (QED) is 0.728. The topological polar surface area (TPSA) is 41.5 Å². The molecule has 0 bridgehead atoms. The molecule has 3 nitrogen and oxygen atoms in total. The second kappa shape index (κ2) is 7.94. The molecular formula is C15H19NO2S. The van der Waals surface area contributed by atoms with Crippen LogP contribution < -0.4 is 10.1 Å². The largest absolute Gasteiger partial charge is 0.491 e. The predicted molar refractivity (Wildman–Crippen MR) is 78.8 cm³/mol. The van der Waals surface area contributed by atoms with E-state index in [9.17, 15) is 5.11 Å². The van der Waals surface area contributed by atoms with Gasteiger partial charge < -0.3 is 15.2 Å². The summed E-state index contributed by atoms with van der Waals surface area (Å²) in [5, 5.41) is 15.1. The molecule has 0 aliphatic heterocycles. The molecule has 0 aliphatic carbocycles. The van der Waals surface area contributed by atoms with Crippen molar-refractivity contribution in [2.45, 2.75) is 12.5 Å². The van der Waals surface area contributed by atoms with E-state index in [1.54, 1.807) is 11.3 Å². The van der Waals surface area contributed by atoms with Crippen LogP contribution in [0.3, 0.4) is 0 Å². The molecule has 0 amide bonds. The van der Waals surface area contributed by atoms with Crippen LogP contribution in [0.4, 0.5) is 0 Å². The lowest BCUT2D eigenvalue weighted by molar-refractivity contribution is 0.106. The van der Waals surface area contributed by atoms with E-state index in [1.165, 1.54) is 4.88 Å². The highest BCUT2D eigenvalue weighted by molar-refractivity contribution is 7.09. The van der Waals surface area contributed by atoms with Crippen molar-refractivity contribution in [3.63, 3.8) is 0 Å². The Bertz CT molecular complexity index is 444. The summed E-state index contributed by atoms with van der Waals surface area (Å²) in [6.45, 7) is 1.75. The number of hydrogen-bond acceptors (Lipinski definition) is 4. The normalized spacial score (nSPS) is 12.3. The van der Waals surface area contributed by atoms with Crippen LogP contribution in [0.25, 0.3) is 0 Å². The average Bonchev–Trinajstić information content (AvgIpc) is 2.96. The first-order valence-corrected chi connectivity index (χ1v) is 7.31. The third-order valence-corrected chi connectivity index (χ3v) is 3.63. The van der Waals surface area contributed by atoms with Crippen LogP contribution in [0.5, 0.6) is 5.75 Å². The molecule has 2 rings (SSSR count). The van der Waals surface area contributed by atoms with Gasteiger partial charge in [-0.15, -0.1) is 11.3 Å². The Morgan fingerprint density at radius 2 is 2.00 bits per heavy atom. The minimum Gasteiger partial charge on any atom is -0.491 e. The Morgan fingerprint density at radius 1 is 1.16 bits per heavy atom. The lowest BCUT2D eigenvalue weighted by Gasteiger charge is -2.13. The van der Waals surface area contributed by atoms with Gasteiger partial charge >= 0.3 is 0 Å². The van der Waals surface area contributed by atoms with Gasteiger partial charge in [-0.25, -0.2) is 0 Å². The number of thiophene rings is 1.